The average Bonchev–Trinajstić information content (AvgIpc) is 3.32. The predicted octanol–water partition coefficient (Wildman–Crippen LogP) is 12.1. The van der Waals surface area contributed by atoms with Crippen LogP contribution in [0.5, 0.6) is 11.5 Å². The molecule has 0 radical (unpaired) electrons. The number of fused-ring (bicyclic) bond motifs is 5. The lowest BCUT2D eigenvalue weighted by Gasteiger charge is -2.29. The third-order valence-corrected chi connectivity index (χ3v) is 9.66. The first-order chi connectivity index (χ1) is 22.1. The second-order valence-corrected chi connectivity index (χ2v) is 12.6. The third kappa shape index (κ3) is 3.89. The quantitative estimate of drug-likeness (QED) is 0.206. The number of hydrogen-bond donors (Lipinski definition) is 0. The summed E-state index contributed by atoms with van der Waals surface area (Å²) >= 11 is 0. The van der Waals surface area contributed by atoms with E-state index in [-0.39, 0.29) is 5.41 Å². The number of rotatable bonds is 4. The minimum absolute atomic E-state index is 0.0313. The van der Waals surface area contributed by atoms with Crippen molar-refractivity contribution < 1.29 is 4.74 Å². The molecule has 0 saturated heterocycles. The number of ether oxygens (including phenoxy) is 1. The van der Waals surface area contributed by atoms with Crippen molar-refractivity contribution in [3.63, 3.8) is 0 Å². The van der Waals surface area contributed by atoms with Crippen LogP contribution in [0, 0.1) is 0 Å². The molecule has 2 nitrogen and oxygen atoms in total. The van der Waals surface area contributed by atoms with Gasteiger partial charge in [0.05, 0.1) is 0 Å². The molecule has 0 bridgehead atoms. The molecule has 0 unspecified atom stereocenters. The Balaban J connectivity index is 1.19. The van der Waals surface area contributed by atoms with Crippen molar-refractivity contribution in [3.05, 3.63) is 163 Å². The summed E-state index contributed by atoms with van der Waals surface area (Å²) in [6.07, 6.45) is 0. The molecule has 0 fully saturated rings. The van der Waals surface area contributed by atoms with Gasteiger partial charge in [-0.3, -0.25) is 0 Å². The third-order valence-electron chi connectivity index (χ3n) is 9.66. The molecule has 0 spiro atoms. The van der Waals surface area contributed by atoms with Gasteiger partial charge in [0.25, 0.3) is 0 Å². The van der Waals surface area contributed by atoms with Gasteiger partial charge in [-0.05, 0) is 86.8 Å². The van der Waals surface area contributed by atoms with E-state index in [1.54, 1.807) is 0 Å². The molecule has 0 amide bonds. The van der Waals surface area contributed by atoms with Crippen LogP contribution in [0.25, 0.3) is 44.2 Å². The average molecular weight is 578 g/mol. The lowest BCUT2D eigenvalue weighted by molar-refractivity contribution is 0.487. The highest BCUT2D eigenvalue weighted by Crippen LogP contribution is 2.52. The largest absolute Gasteiger partial charge is 0.456 e. The highest BCUT2D eigenvalue weighted by Gasteiger charge is 2.35. The maximum atomic E-state index is 6.72. The molecule has 0 atom stereocenters. The van der Waals surface area contributed by atoms with Crippen molar-refractivity contribution in [2.24, 2.45) is 0 Å². The SMILES string of the molecule is CC1(C)c2ccccc2-c2cc(N(c3ccccc3)c3ccc4c(c3)Oc3ccc(-c5ccccc5)c5cccc-4c35)ccc21. The standard InChI is InChI=1S/C43H31NO/c1-43(2)38-19-10-9-16-33(38)37-26-30(21-24-39(37)43)44(29-14-7-4-8-15-29)31-20-22-34-36-18-11-17-35-32(28-12-5-3-6-13-28)23-25-40(42(35)36)45-41(34)27-31/h3-27H,1-2H3. The molecule has 0 aromatic heterocycles. The van der Waals surface area contributed by atoms with E-state index in [9.17, 15) is 0 Å². The summed E-state index contributed by atoms with van der Waals surface area (Å²) < 4.78 is 6.72. The Hall–Kier alpha value is -5.60. The predicted molar refractivity (Wildman–Crippen MR) is 187 cm³/mol. The van der Waals surface area contributed by atoms with Crippen molar-refractivity contribution in [1.29, 1.82) is 0 Å². The lowest BCUT2D eigenvalue weighted by Crippen LogP contribution is -2.15. The zero-order chi connectivity index (χ0) is 30.1. The van der Waals surface area contributed by atoms with Crippen LogP contribution in [-0.4, -0.2) is 0 Å². The van der Waals surface area contributed by atoms with Crippen LogP contribution in [0.4, 0.5) is 17.1 Å². The molecular weight excluding hydrogens is 546 g/mol. The summed E-state index contributed by atoms with van der Waals surface area (Å²) in [5, 5.41) is 2.37. The molecule has 9 rings (SSSR count). The first-order valence-electron chi connectivity index (χ1n) is 15.6. The van der Waals surface area contributed by atoms with Gasteiger partial charge in [-0.25, -0.2) is 0 Å². The smallest absolute Gasteiger partial charge is 0.137 e. The first-order valence-corrected chi connectivity index (χ1v) is 15.6. The normalized spacial score (nSPS) is 13.5. The molecule has 0 saturated carbocycles. The van der Waals surface area contributed by atoms with Gasteiger partial charge in [-0.1, -0.05) is 117 Å². The van der Waals surface area contributed by atoms with Gasteiger partial charge in [-0.2, -0.15) is 0 Å². The number of anilines is 3. The summed E-state index contributed by atoms with van der Waals surface area (Å²) in [6, 6.07) is 54.5. The summed E-state index contributed by atoms with van der Waals surface area (Å²) in [5.41, 5.74) is 13.4. The molecule has 0 N–H and O–H groups in total. The van der Waals surface area contributed by atoms with Gasteiger partial charge in [0.1, 0.15) is 11.5 Å². The summed E-state index contributed by atoms with van der Waals surface area (Å²) in [4.78, 5) is 2.34. The van der Waals surface area contributed by atoms with Crippen molar-refractivity contribution in [2.75, 3.05) is 4.90 Å². The molecule has 45 heavy (non-hydrogen) atoms. The van der Waals surface area contributed by atoms with Crippen molar-refractivity contribution in [3.8, 4) is 44.9 Å². The molecule has 2 heteroatoms. The van der Waals surface area contributed by atoms with Gasteiger partial charge in [-0.15, -0.1) is 0 Å². The van der Waals surface area contributed by atoms with E-state index in [4.69, 9.17) is 4.74 Å². The zero-order valence-corrected chi connectivity index (χ0v) is 25.3. The second kappa shape index (κ2) is 9.70. The minimum Gasteiger partial charge on any atom is -0.456 e. The fourth-order valence-corrected chi connectivity index (χ4v) is 7.50. The van der Waals surface area contributed by atoms with Gasteiger partial charge >= 0.3 is 0 Å². The monoisotopic (exact) mass is 577 g/mol. The molecule has 214 valence electrons. The Kier molecular flexibility index (Phi) is 5.58. The van der Waals surface area contributed by atoms with Gasteiger partial charge in [0, 0.05) is 39.5 Å². The van der Waals surface area contributed by atoms with Crippen molar-refractivity contribution in [2.45, 2.75) is 19.3 Å². The molecule has 2 aliphatic rings. The van der Waals surface area contributed by atoms with Crippen LogP contribution >= 0.6 is 0 Å². The molecule has 7 aromatic carbocycles. The zero-order valence-electron chi connectivity index (χ0n) is 25.3. The molecular formula is C43H31NO. The Morgan fingerprint density at radius 1 is 0.444 bits per heavy atom. The van der Waals surface area contributed by atoms with E-state index < -0.39 is 0 Å². The van der Waals surface area contributed by atoms with Gasteiger partial charge in [0.2, 0.25) is 0 Å². The number of nitrogens with zero attached hydrogens (tertiary/aromatic N) is 1. The lowest BCUT2D eigenvalue weighted by atomic mass is 9.82. The number of para-hydroxylation sites is 1. The maximum absolute atomic E-state index is 6.72. The Morgan fingerprint density at radius 3 is 1.96 bits per heavy atom. The molecule has 1 heterocycles. The number of benzene rings is 7. The highest BCUT2D eigenvalue weighted by atomic mass is 16.5. The van der Waals surface area contributed by atoms with Crippen LogP contribution < -0.4 is 9.64 Å². The number of hydrogen-bond acceptors (Lipinski definition) is 2. The Morgan fingerprint density at radius 2 is 1.11 bits per heavy atom. The van der Waals surface area contributed by atoms with Gasteiger partial charge < -0.3 is 9.64 Å². The minimum atomic E-state index is -0.0313. The van der Waals surface area contributed by atoms with E-state index >= 15 is 0 Å². The van der Waals surface area contributed by atoms with E-state index in [0.717, 1.165) is 34.1 Å². The van der Waals surface area contributed by atoms with E-state index in [1.165, 1.54) is 49.7 Å². The summed E-state index contributed by atoms with van der Waals surface area (Å²) in [6.45, 7) is 4.66. The van der Waals surface area contributed by atoms with E-state index in [1.807, 2.05) is 0 Å². The fraction of sp³-hybridized carbons (Fsp3) is 0.0698. The fourth-order valence-electron chi connectivity index (χ4n) is 7.50. The Labute approximate surface area is 263 Å². The van der Waals surface area contributed by atoms with Crippen LogP contribution in [0.15, 0.2) is 152 Å². The topological polar surface area (TPSA) is 12.5 Å². The molecule has 1 aliphatic heterocycles. The van der Waals surface area contributed by atoms with Gasteiger partial charge in [0.15, 0.2) is 0 Å². The van der Waals surface area contributed by atoms with Crippen molar-refractivity contribution >= 4 is 27.8 Å². The van der Waals surface area contributed by atoms with Crippen LogP contribution in [0.2, 0.25) is 0 Å². The molecule has 1 aliphatic carbocycles. The maximum Gasteiger partial charge on any atom is 0.137 e. The van der Waals surface area contributed by atoms with Crippen LogP contribution in [0.3, 0.4) is 0 Å². The van der Waals surface area contributed by atoms with Crippen LogP contribution in [-0.2, 0) is 5.41 Å². The Bertz CT molecular complexity index is 2270. The van der Waals surface area contributed by atoms with Crippen LogP contribution in [0.1, 0.15) is 25.0 Å². The van der Waals surface area contributed by atoms with E-state index in [0.29, 0.717) is 0 Å². The first kappa shape index (κ1) is 25.9. The van der Waals surface area contributed by atoms with E-state index in [2.05, 4.69) is 170 Å². The summed E-state index contributed by atoms with van der Waals surface area (Å²) in [5.74, 6) is 1.76. The van der Waals surface area contributed by atoms with Crippen molar-refractivity contribution in [1.82, 2.24) is 0 Å². The second-order valence-electron chi connectivity index (χ2n) is 12.6. The molecule has 7 aromatic rings. The highest BCUT2D eigenvalue weighted by molar-refractivity contribution is 6.10. The summed E-state index contributed by atoms with van der Waals surface area (Å²) in [7, 11) is 0.